The summed E-state index contributed by atoms with van der Waals surface area (Å²) in [4.78, 5) is 23.2. The Morgan fingerprint density at radius 1 is 0.926 bits per heavy atom. The minimum Gasteiger partial charge on any atom is -0.379 e. The normalized spacial score (nSPS) is 20.2. The Kier molecular flexibility index (Phi) is 12.5. The molecule has 1 aliphatic rings. The molecule has 0 unspecified atom stereocenters. The summed E-state index contributed by atoms with van der Waals surface area (Å²) in [6, 6.07) is 0. The Balaban J connectivity index is 1.92. The maximum absolute atomic E-state index is 11.8. The van der Waals surface area contributed by atoms with Crippen molar-refractivity contribution in [1.82, 2.24) is 5.32 Å². The number of ketones is 1. The first-order valence-electron chi connectivity index (χ1n) is 10.5. The molecule has 0 aromatic carbocycles. The molecule has 1 rings (SSSR count). The van der Waals surface area contributed by atoms with Crippen molar-refractivity contribution in [3.63, 3.8) is 0 Å². The van der Waals surface area contributed by atoms with Gasteiger partial charge in [0.05, 0.1) is 31.5 Å². The van der Waals surface area contributed by atoms with E-state index in [1.165, 1.54) is 0 Å². The van der Waals surface area contributed by atoms with Crippen LogP contribution in [0.1, 0.15) is 72.6 Å². The number of carbonyl (C=O) groups excluding carboxylic acids is 2. The first-order valence-corrected chi connectivity index (χ1v) is 10.5. The zero-order valence-electron chi connectivity index (χ0n) is 17.6. The molecule has 0 radical (unpaired) electrons. The lowest BCUT2D eigenvalue weighted by Gasteiger charge is -2.29. The molecule has 1 aliphatic carbocycles. The number of Topliss-reactive ketones (excluding diaryl/α,β-unsaturated/α-hetero) is 1. The second-order valence-electron chi connectivity index (χ2n) is 7.89. The van der Waals surface area contributed by atoms with E-state index in [4.69, 9.17) is 14.2 Å². The fraction of sp³-hybridized carbons (Fsp3) is 0.905. The molecule has 0 spiro atoms. The van der Waals surface area contributed by atoms with E-state index >= 15 is 0 Å². The summed E-state index contributed by atoms with van der Waals surface area (Å²) < 4.78 is 17.1. The highest BCUT2D eigenvalue weighted by atomic mass is 16.5. The number of carbonyl (C=O) groups is 2. The number of amides is 1. The lowest BCUT2D eigenvalue weighted by Crippen LogP contribution is -2.29. The summed E-state index contributed by atoms with van der Waals surface area (Å²) in [5.74, 6) is 0.286. The fourth-order valence-corrected chi connectivity index (χ4v) is 3.12. The largest absolute Gasteiger partial charge is 0.379 e. The van der Waals surface area contributed by atoms with Crippen LogP contribution in [0, 0.1) is 5.92 Å². The second-order valence-corrected chi connectivity index (χ2v) is 7.89. The molecule has 1 amide bonds. The molecule has 0 aromatic heterocycles. The molecule has 0 aliphatic heterocycles. The summed E-state index contributed by atoms with van der Waals surface area (Å²) in [6.07, 6.45) is 6.82. The molecule has 1 fully saturated rings. The van der Waals surface area contributed by atoms with Crippen molar-refractivity contribution < 1.29 is 23.8 Å². The Morgan fingerprint density at radius 3 is 2.22 bits per heavy atom. The first kappa shape index (κ1) is 24.1. The quantitative estimate of drug-likeness (QED) is 0.465. The summed E-state index contributed by atoms with van der Waals surface area (Å²) in [6.45, 7) is 9.90. The smallest absolute Gasteiger partial charge is 0.220 e. The SMILES string of the molecule is CC(C)OC1CCC(OCCCC(=O)NCCOCCC(=O)C(C)C)CC1. The topological polar surface area (TPSA) is 73.9 Å². The molecular weight excluding hydrogens is 346 g/mol. The minimum atomic E-state index is 0.0227. The van der Waals surface area contributed by atoms with Gasteiger partial charge in [-0.25, -0.2) is 0 Å². The molecular formula is C21H39NO5. The van der Waals surface area contributed by atoms with Gasteiger partial charge < -0.3 is 19.5 Å². The van der Waals surface area contributed by atoms with Gasteiger partial charge in [0.2, 0.25) is 5.91 Å². The van der Waals surface area contributed by atoms with Crippen molar-refractivity contribution in [3.05, 3.63) is 0 Å². The zero-order valence-corrected chi connectivity index (χ0v) is 17.6. The Morgan fingerprint density at radius 2 is 1.59 bits per heavy atom. The van der Waals surface area contributed by atoms with Gasteiger partial charge in [0, 0.05) is 31.9 Å². The number of hydrogen-bond donors (Lipinski definition) is 1. The minimum absolute atomic E-state index is 0.0227. The van der Waals surface area contributed by atoms with Crippen LogP contribution in [0.15, 0.2) is 0 Å². The number of hydrogen-bond acceptors (Lipinski definition) is 5. The van der Waals surface area contributed by atoms with Crippen molar-refractivity contribution in [1.29, 1.82) is 0 Å². The van der Waals surface area contributed by atoms with Crippen LogP contribution in [0.2, 0.25) is 0 Å². The molecule has 6 nitrogen and oxygen atoms in total. The van der Waals surface area contributed by atoms with Crippen molar-refractivity contribution in [3.8, 4) is 0 Å². The number of ether oxygens (including phenoxy) is 3. The highest BCUT2D eigenvalue weighted by molar-refractivity contribution is 5.80. The van der Waals surface area contributed by atoms with Gasteiger partial charge in [-0.2, -0.15) is 0 Å². The monoisotopic (exact) mass is 385 g/mol. The van der Waals surface area contributed by atoms with E-state index in [0.29, 0.717) is 57.5 Å². The van der Waals surface area contributed by atoms with Crippen LogP contribution in [0.5, 0.6) is 0 Å². The van der Waals surface area contributed by atoms with E-state index in [1.807, 2.05) is 13.8 Å². The number of nitrogens with one attached hydrogen (secondary N) is 1. The highest BCUT2D eigenvalue weighted by Crippen LogP contribution is 2.24. The van der Waals surface area contributed by atoms with E-state index < -0.39 is 0 Å². The van der Waals surface area contributed by atoms with E-state index in [2.05, 4.69) is 19.2 Å². The first-order chi connectivity index (χ1) is 12.9. The fourth-order valence-electron chi connectivity index (χ4n) is 3.12. The van der Waals surface area contributed by atoms with Gasteiger partial charge in [0.15, 0.2) is 0 Å². The van der Waals surface area contributed by atoms with Gasteiger partial charge in [-0.05, 0) is 46.0 Å². The van der Waals surface area contributed by atoms with Crippen LogP contribution in [-0.2, 0) is 23.8 Å². The van der Waals surface area contributed by atoms with Gasteiger partial charge in [-0.1, -0.05) is 13.8 Å². The predicted molar refractivity (Wildman–Crippen MR) is 106 cm³/mol. The molecule has 1 saturated carbocycles. The summed E-state index contributed by atoms with van der Waals surface area (Å²) in [5, 5.41) is 2.83. The summed E-state index contributed by atoms with van der Waals surface area (Å²) in [5.41, 5.74) is 0. The van der Waals surface area contributed by atoms with Crippen LogP contribution in [0.3, 0.4) is 0 Å². The standard InChI is InChI=1S/C21H39NO5/c1-16(2)20(23)11-14-25-15-12-22-21(24)6-5-13-26-18-7-9-19(10-8-18)27-17(3)4/h16-19H,5-15H2,1-4H3,(H,22,24). The van der Waals surface area contributed by atoms with E-state index in [9.17, 15) is 9.59 Å². The maximum atomic E-state index is 11.8. The van der Waals surface area contributed by atoms with Gasteiger partial charge >= 0.3 is 0 Å². The summed E-state index contributed by atoms with van der Waals surface area (Å²) in [7, 11) is 0. The average molecular weight is 386 g/mol. The van der Waals surface area contributed by atoms with E-state index in [-0.39, 0.29) is 17.6 Å². The van der Waals surface area contributed by atoms with Crippen LogP contribution in [0.4, 0.5) is 0 Å². The highest BCUT2D eigenvalue weighted by Gasteiger charge is 2.22. The van der Waals surface area contributed by atoms with Crippen LogP contribution in [-0.4, -0.2) is 56.4 Å². The van der Waals surface area contributed by atoms with Crippen LogP contribution >= 0.6 is 0 Å². The van der Waals surface area contributed by atoms with Gasteiger partial charge in [0.1, 0.15) is 5.78 Å². The average Bonchev–Trinajstić information content (AvgIpc) is 2.62. The molecule has 0 bridgehead atoms. The third-order valence-corrected chi connectivity index (χ3v) is 4.69. The zero-order chi connectivity index (χ0) is 20.1. The van der Waals surface area contributed by atoms with E-state index in [1.54, 1.807) is 0 Å². The lowest BCUT2D eigenvalue weighted by atomic mass is 9.95. The molecule has 6 heteroatoms. The predicted octanol–water partition coefficient (Wildman–Crippen LogP) is 3.27. The van der Waals surface area contributed by atoms with Gasteiger partial charge in [-0.15, -0.1) is 0 Å². The third-order valence-electron chi connectivity index (χ3n) is 4.69. The van der Waals surface area contributed by atoms with Gasteiger partial charge in [-0.3, -0.25) is 9.59 Å². The Labute approximate surface area is 164 Å². The third kappa shape index (κ3) is 12.2. The van der Waals surface area contributed by atoms with Crippen molar-refractivity contribution in [2.24, 2.45) is 5.92 Å². The summed E-state index contributed by atoms with van der Waals surface area (Å²) >= 11 is 0. The van der Waals surface area contributed by atoms with Gasteiger partial charge in [0.25, 0.3) is 0 Å². The Hall–Kier alpha value is -0.980. The molecule has 0 atom stereocenters. The van der Waals surface area contributed by atoms with Crippen LogP contribution < -0.4 is 5.32 Å². The van der Waals surface area contributed by atoms with Crippen molar-refractivity contribution in [2.75, 3.05) is 26.4 Å². The molecule has 1 N–H and O–H groups in total. The molecule has 0 saturated heterocycles. The Bertz CT molecular complexity index is 417. The molecule has 0 heterocycles. The molecule has 27 heavy (non-hydrogen) atoms. The maximum Gasteiger partial charge on any atom is 0.220 e. The second kappa shape index (κ2) is 14.1. The van der Waals surface area contributed by atoms with Crippen molar-refractivity contribution >= 4 is 11.7 Å². The van der Waals surface area contributed by atoms with E-state index in [0.717, 1.165) is 32.1 Å². The van der Waals surface area contributed by atoms with Crippen LogP contribution in [0.25, 0.3) is 0 Å². The molecule has 0 aromatic rings. The van der Waals surface area contributed by atoms with Crippen molar-refractivity contribution in [2.45, 2.75) is 91.0 Å². The lowest BCUT2D eigenvalue weighted by molar-refractivity contribution is -0.124. The molecule has 158 valence electrons. The number of rotatable bonds is 14.